The molecule has 1 aliphatic rings. The summed E-state index contributed by atoms with van der Waals surface area (Å²) in [4.78, 5) is 12.2. The number of carboxylic acid groups (broad SMARTS) is 1. The third-order valence-corrected chi connectivity index (χ3v) is 3.54. The molecule has 1 N–H and O–H groups in total. The second-order valence-electron chi connectivity index (χ2n) is 3.83. The second-order valence-corrected chi connectivity index (χ2v) is 4.94. The highest BCUT2D eigenvalue weighted by atomic mass is 32.1. The molecular formula is C10H12O2S. The summed E-state index contributed by atoms with van der Waals surface area (Å²) >= 11 is 1.69. The standard InChI is InChI=1S/C10H12O2S/c1-7-4-8(6-13-7)5-10(2-3-10)9(11)12/h4,6H,2-3,5H2,1H3,(H,11,12). The van der Waals surface area contributed by atoms with E-state index in [4.69, 9.17) is 5.11 Å². The molecule has 0 amide bonds. The molecule has 2 rings (SSSR count). The molecule has 0 aromatic carbocycles. The molecule has 2 nitrogen and oxygen atoms in total. The minimum Gasteiger partial charge on any atom is -0.481 e. The number of carboxylic acids is 1. The van der Waals surface area contributed by atoms with Crippen molar-refractivity contribution < 1.29 is 9.90 Å². The number of aliphatic carboxylic acids is 1. The predicted octanol–water partition coefficient (Wildman–Crippen LogP) is 2.46. The normalized spacial score (nSPS) is 18.5. The Hall–Kier alpha value is -0.830. The van der Waals surface area contributed by atoms with E-state index in [-0.39, 0.29) is 0 Å². The zero-order chi connectivity index (χ0) is 9.47. The minimum atomic E-state index is -0.628. The van der Waals surface area contributed by atoms with Gasteiger partial charge >= 0.3 is 5.97 Å². The summed E-state index contributed by atoms with van der Waals surface area (Å²) in [6.07, 6.45) is 2.40. The van der Waals surface area contributed by atoms with E-state index in [1.54, 1.807) is 11.3 Å². The van der Waals surface area contributed by atoms with Crippen LogP contribution in [-0.2, 0) is 11.2 Å². The van der Waals surface area contributed by atoms with Gasteiger partial charge in [0.2, 0.25) is 0 Å². The van der Waals surface area contributed by atoms with Gasteiger partial charge in [0, 0.05) is 4.88 Å². The van der Waals surface area contributed by atoms with E-state index in [1.807, 2.05) is 0 Å². The van der Waals surface area contributed by atoms with Gasteiger partial charge in [-0.3, -0.25) is 4.79 Å². The van der Waals surface area contributed by atoms with Crippen LogP contribution in [0.2, 0.25) is 0 Å². The smallest absolute Gasteiger partial charge is 0.309 e. The highest BCUT2D eigenvalue weighted by Crippen LogP contribution is 2.48. The van der Waals surface area contributed by atoms with Crippen LogP contribution < -0.4 is 0 Å². The Morgan fingerprint density at radius 1 is 1.69 bits per heavy atom. The van der Waals surface area contributed by atoms with Crippen LogP contribution >= 0.6 is 11.3 Å². The van der Waals surface area contributed by atoms with Gasteiger partial charge < -0.3 is 5.11 Å². The lowest BCUT2D eigenvalue weighted by molar-refractivity contribution is -0.143. The van der Waals surface area contributed by atoms with E-state index >= 15 is 0 Å². The van der Waals surface area contributed by atoms with Crippen LogP contribution in [0.4, 0.5) is 0 Å². The number of rotatable bonds is 3. The van der Waals surface area contributed by atoms with Crippen molar-refractivity contribution in [2.45, 2.75) is 26.2 Å². The van der Waals surface area contributed by atoms with E-state index in [0.717, 1.165) is 12.8 Å². The Balaban J connectivity index is 2.10. The summed E-state index contributed by atoms with van der Waals surface area (Å²) in [6.45, 7) is 2.05. The number of aryl methyl sites for hydroxylation is 1. The lowest BCUT2D eigenvalue weighted by Crippen LogP contribution is -2.17. The van der Waals surface area contributed by atoms with Crippen molar-refractivity contribution in [3.8, 4) is 0 Å². The summed E-state index contributed by atoms with van der Waals surface area (Å²) in [5.41, 5.74) is 0.774. The van der Waals surface area contributed by atoms with Crippen LogP contribution in [0.3, 0.4) is 0 Å². The third kappa shape index (κ3) is 1.61. The first-order valence-corrected chi connectivity index (χ1v) is 5.28. The van der Waals surface area contributed by atoms with Gasteiger partial charge in [0.1, 0.15) is 0 Å². The quantitative estimate of drug-likeness (QED) is 0.806. The molecule has 0 radical (unpaired) electrons. The van der Waals surface area contributed by atoms with Crippen molar-refractivity contribution in [1.29, 1.82) is 0 Å². The number of hydrogen-bond donors (Lipinski definition) is 1. The van der Waals surface area contributed by atoms with Gasteiger partial charge in [-0.2, -0.15) is 0 Å². The van der Waals surface area contributed by atoms with Gasteiger partial charge in [-0.05, 0) is 43.2 Å². The fraction of sp³-hybridized carbons (Fsp3) is 0.500. The number of hydrogen-bond acceptors (Lipinski definition) is 2. The molecular weight excluding hydrogens is 184 g/mol. The lowest BCUT2D eigenvalue weighted by Gasteiger charge is -2.06. The summed E-state index contributed by atoms with van der Waals surface area (Å²) in [5.74, 6) is -0.628. The maximum atomic E-state index is 10.9. The van der Waals surface area contributed by atoms with Crippen molar-refractivity contribution in [2.75, 3.05) is 0 Å². The van der Waals surface area contributed by atoms with E-state index in [9.17, 15) is 4.79 Å². The van der Waals surface area contributed by atoms with Gasteiger partial charge in [0.05, 0.1) is 5.41 Å². The van der Waals surface area contributed by atoms with Gasteiger partial charge in [-0.25, -0.2) is 0 Å². The van der Waals surface area contributed by atoms with Crippen molar-refractivity contribution in [1.82, 2.24) is 0 Å². The molecule has 1 aliphatic carbocycles. The summed E-state index contributed by atoms with van der Waals surface area (Å²) in [5, 5.41) is 11.0. The van der Waals surface area contributed by atoms with Crippen LogP contribution in [0.5, 0.6) is 0 Å². The monoisotopic (exact) mass is 196 g/mol. The average Bonchev–Trinajstić information content (AvgIpc) is 2.72. The molecule has 3 heteroatoms. The molecule has 0 aliphatic heterocycles. The van der Waals surface area contributed by atoms with E-state index in [2.05, 4.69) is 18.4 Å². The van der Waals surface area contributed by atoms with Crippen molar-refractivity contribution >= 4 is 17.3 Å². The van der Waals surface area contributed by atoms with Crippen molar-refractivity contribution in [3.05, 3.63) is 21.9 Å². The second kappa shape index (κ2) is 2.84. The van der Waals surface area contributed by atoms with Crippen LogP contribution in [-0.4, -0.2) is 11.1 Å². The molecule has 0 unspecified atom stereocenters. The zero-order valence-electron chi connectivity index (χ0n) is 7.54. The van der Waals surface area contributed by atoms with Crippen LogP contribution in [0.1, 0.15) is 23.3 Å². The largest absolute Gasteiger partial charge is 0.481 e. The fourth-order valence-electron chi connectivity index (χ4n) is 1.60. The molecule has 70 valence electrons. The first-order valence-electron chi connectivity index (χ1n) is 4.40. The summed E-state index contributed by atoms with van der Waals surface area (Å²) in [6, 6.07) is 2.09. The zero-order valence-corrected chi connectivity index (χ0v) is 8.36. The Kier molecular flexibility index (Phi) is 1.91. The van der Waals surface area contributed by atoms with E-state index < -0.39 is 11.4 Å². The predicted molar refractivity (Wildman–Crippen MR) is 52.1 cm³/mol. The summed E-state index contributed by atoms with van der Waals surface area (Å²) in [7, 11) is 0. The summed E-state index contributed by atoms with van der Waals surface area (Å²) < 4.78 is 0. The molecule has 13 heavy (non-hydrogen) atoms. The molecule has 0 spiro atoms. The molecule has 1 saturated carbocycles. The topological polar surface area (TPSA) is 37.3 Å². The minimum absolute atomic E-state index is 0.409. The SMILES string of the molecule is Cc1cc(CC2(C(=O)O)CC2)cs1. The Morgan fingerprint density at radius 2 is 2.38 bits per heavy atom. The van der Waals surface area contributed by atoms with Gasteiger partial charge in [-0.1, -0.05) is 0 Å². The third-order valence-electron chi connectivity index (χ3n) is 2.63. The highest BCUT2D eigenvalue weighted by Gasteiger charge is 2.49. The first kappa shape index (κ1) is 8.75. The van der Waals surface area contributed by atoms with Crippen LogP contribution in [0.25, 0.3) is 0 Å². The van der Waals surface area contributed by atoms with Gasteiger partial charge in [-0.15, -0.1) is 11.3 Å². The van der Waals surface area contributed by atoms with Gasteiger partial charge in [0.15, 0.2) is 0 Å². The average molecular weight is 196 g/mol. The molecule has 0 atom stereocenters. The molecule has 0 bridgehead atoms. The lowest BCUT2D eigenvalue weighted by atomic mass is 9.99. The molecule has 1 aromatic rings. The molecule has 1 heterocycles. The van der Waals surface area contributed by atoms with Crippen molar-refractivity contribution in [3.63, 3.8) is 0 Å². The van der Waals surface area contributed by atoms with E-state index in [1.165, 1.54) is 10.4 Å². The highest BCUT2D eigenvalue weighted by molar-refractivity contribution is 7.10. The Bertz CT molecular complexity index is 336. The van der Waals surface area contributed by atoms with Crippen LogP contribution in [0.15, 0.2) is 11.4 Å². The molecule has 0 saturated heterocycles. The maximum Gasteiger partial charge on any atom is 0.309 e. The molecule has 1 aromatic heterocycles. The maximum absolute atomic E-state index is 10.9. The molecule has 1 fully saturated rings. The van der Waals surface area contributed by atoms with Gasteiger partial charge in [0.25, 0.3) is 0 Å². The first-order chi connectivity index (χ1) is 6.12. The van der Waals surface area contributed by atoms with Crippen molar-refractivity contribution in [2.24, 2.45) is 5.41 Å². The number of thiophene rings is 1. The van der Waals surface area contributed by atoms with E-state index in [0.29, 0.717) is 6.42 Å². The Labute approximate surface area is 81.2 Å². The van der Waals surface area contributed by atoms with Crippen LogP contribution in [0, 0.1) is 12.3 Å². The number of carbonyl (C=O) groups is 1. The fourth-order valence-corrected chi connectivity index (χ4v) is 2.31. The Morgan fingerprint density at radius 3 is 2.77 bits per heavy atom.